The minimum absolute atomic E-state index is 0.128. The molecule has 3 heterocycles. The van der Waals surface area contributed by atoms with Crippen LogP contribution in [0.5, 0.6) is 0 Å². The van der Waals surface area contributed by atoms with Crippen molar-refractivity contribution < 1.29 is 19.3 Å². The molecular weight excluding hydrogens is 303 g/mol. The molecule has 0 aliphatic carbocycles. The van der Waals surface area contributed by atoms with Gasteiger partial charge in [-0.05, 0) is 10.7 Å². The summed E-state index contributed by atoms with van der Waals surface area (Å²) >= 11 is 0. The van der Waals surface area contributed by atoms with E-state index in [9.17, 15) is 14.6 Å². The third kappa shape index (κ3) is 2.06. The number of nitrogens with zero attached hydrogens (tertiary/aromatic N) is 9. The van der Waals surface area contributed by atoms with Crippen LogP contribution < -0.4 is 0 Å². The van der Waals surface area contributed by atoms with Crippen LogP contribution in [0.15, 0.2) is 11.3 Å². The van der Waals surface area contributed by atoms with Crippen LogP contribution in [0, 0.1) is 0 Å². The largest absolute Gasteiger partial charge is 0.393 e. The third-order valence-electron chi connectivity index (χ3n) is 3.15. The van der Waals surface area contributed by atoms with Crippen LogP contribution in [0.3, 0.4) is 0 Å². The predicted molar refractivity (Wildman–Crippen MR) is 63.2 cm³/mol. The van der Waals surface area contributed by atoms with Crippen molar-refractivity contribution in [2.45, 2.75) is 24.2 Å². The molecule has 0 spiro atoms. The highest BCUT2D eigenvalue weighted by Crippen LogP contribution is 2.39. The van der Waals surface area contributed by atoms with Crippen LogP contribution >= 0.6 is 0 Å². The summed E-state index contributed by atoms with van der Waals surface area (Å²) in [5, 5.41) is 42.5. The lowest BCUT2D eigenvalue weighted by Crippen LogP contribution is -2.43. The van der Waals surface area contributed by atoms with E-state index in [1.165, 1.54) is 6.20 Å². The van der Waals surface area contributed by atoms with Crippen molar-refractivity contribution in [1.82, 2.24) is 35.6 Å². The molecule has 0 aromatic carbocycles. The molecule has 4 atom stereocenters. The summed E-state index contributed by atoms with van der Waals surface area (Å²) in [6, 6.07) is 0. The highest BCUT2D eigenvalue weighted by atomic mass is 19.1. The molecule has 1 aliphatic heterocycles. The maximum Gasteiger partial charge on any atom is 0.226 e. The van der Waals surface area contributed by atoms with Crippen molar-refractivity contribution in [1.29, 1.82) is 0 Å². The number of aromatic nitrogens is 7. The van der Waals surface area contributed by atoms with Crippen molar-refractivity contribution in [2.24, 2.45) is 5.11 Å². The van der Waals surface area contributed by atoms with E-state index < -0.39 is 30.8 Å². The lowest BCUT2D eigenvalue weighted by atomic mass is 10.1. The number of rotatable bonds is 4. The van der Waals surface area contributed by atoms with Crippen LogP contribution in [0.25, 0.3) is 22.0 Å². The molecule has 3 rings (SSSR count). The minimum atomic E-state index is -2.13. The van der Waals surface area contributed by atoms with Gasteiger partial charge >= 0.3 is 0 Å². The highest BCUT2D eigenvalue weighted by molar-refractivity contribution is 5.44. The molecule has 0 amide bonds. The minimum Gasteiger partial charge on any atom is -0.393 e. The molecule has 1 unspecified atom stereocenters. The zero-order valence-electron chi connectivity index (χ0n) is 10.7. The number of aliphatic hydroxyl groups excluding tert-OH is 2. The van der Waals surface area contributed by atoms with E-state index in [1.54, 1.807) is 0 Å². The number of azide groups is 1. The summed E-state index contributed by atoms with van der Waals surface area (Å²) in [4.78, 5) is 2.46. The SMILES string of the molecule is [N-]=[N+]=NC1(CO)O[C@@H](n2cc(-c3nn[nH]n3)nn2)[C@@H](F)[C@@H]1O. The van der Waals surface area contributed by atoms with Crippen LogP contribution in [0.4, 0.5) is 4.39 Å². The Morgan fingerprint density at radius 2 is 2.41 bits per heavy atom. The average Bonchev–Trinajstić information content (AvgIpc) is 3.23. The standard InChI is InChI=1S/C8H9FN10O3/c9-4-5(21)8(2-20,14-15-10)22-7(4)19-1-3(11-18-19)6-12-16-17-13-6/h1,4-5,7,20-21H,2H2,(H,12,13,16,17)/t4-,5-,7+,8?/m0/s1. The van der Waals surface area contributed by atoms with Gasteiger partial charge in [-0.3, -0.25) is 0 Å². The van der Waals surface area contributed by atoms with Crippen molar-refractivity contribution in [2.75, 3.05) is 6.61 Å². The molecule has 13 nitrogen and oxygen atoms in total. The fraction of sp³-hybridized carbons (Fsp3) is 0.625. The van der Waals surface area contributed by atoms with Gasteiger partial charge in [-0.25, -0.2) is 9.07 Å². The molecule has 3 N–H and O–H groups in total. The van der Waals surface area contributed by atoms with Crippen LogP contribution in [0.1, 0.15) is 6.23 Å². The fourth-order valence-electron chi connectivity index (χ4n) is 2.04. The number of tetrazole rings is 1. The number of hydrogen-bond acceptors (Lipinski definition) is 9. The Balaban J connectivity index is 1.91. The lowest BCUT2D eigenvalue weighted by Gasteiger charge is -2.23. The number of hydrogen-bond donors (Lipinski definition) is 3. The zero-order chi connectivity index (χ0) is 15.7. The summed E-state index contributed by atoms with van der Waals surface area (Å²) in [5.74, 6) is 0.128. The predicted octanol–water partition coefficient (Wildman–Crippen LogP) is -1.32. The number of alkyl halides is 1. The number of aliphatic hydroxyl groups is 2. The number of H-pyrrole nitrogens is 1. The second kappa shape index (κ2) is 5.27. The molecule has 116 valence electrons. The van der Waals surface area contributed by atoms with E-state index in [0.29, 0.717) is 0 Å². The summed E-state index contributed by atoms with van der Waals surface area (Å²) < 4.78 is 20.4. The second-order valence-electron chi connectivity index (χ2n) is 4.41. The van der Waals surface area contributed by atoms with Gasteiger partial charge in [0.15, 0.2) is 18.1 Å². The first kappa shape index (κ1) is 14.3. The molecule has 14 heteroatoms. The van der Waals surface area contributed by atoms with E-state index in [0.717, 1.165) is 4.68 Å². The van der Waals surface area contributed by atoms with Crippen molar-refractivity contribution in [3.05, 3.63) is 16.6 Å². The van der Waals surface area contributed by atoms with Crippen LogP contribution in [0.2, 0.25) is 0 Å². The molecule has 22 heavy (non-hydrogen) atoms. The molecule has 2 aromatic heterocycles. The van der Waals surface area contributed by atoms with Gasteiger partial charge in [-0.2, -0.15) is 5.21 Å². The number of ether oxygens (including phenoxy) is 1. The Hall–Kier alpha value is -2.67. The molecule has 0 bridgehead atoms. The smallest absolute Gasteiger partial charge is 0.226 e. The Morgan fingerprint density at radius 3 is 3.05 bits per heavy atom. The van der Waals surface area contributed by atoms with Crippen LogP contribution in [-0.2, 0) is 4.74 Å². The molecule has 0 saturated carbocycles. The summed E-state index contributed by atoms with van der Waals surface area (Å²) in [6.07, 6.45) is -4.05. The molecule has 0 radical (unpaired) electrons. The van der Waals surface area contributed by atoms with Gasteiger partial charge < -0.3 is 14.9 Å². The Morgan fingerprint density at radius 1 is 1.59 bits per heavy atom. The topological polar surface area (TPSA) is 184 Å². The highest BCUT2D eigenvalue weighted by Gasteiger charge is 2.56. The van der Waals surface area contributed by atoms with Crippen molar-refractivity contribution in [3.8, 4) is 11.5 Å². The van der Waals surface area contributed by atoms with Crippen molar-refractivity contribution in [3.63, 3.8) is 0 Å². The maximum atomic E-state index is 14.2. The fourth-order valence-corrected chi connectivity index (χ4v) is 2.04. The number of aromatic amines is 1. The van der Waals surface area contributed by atoms with Gasteiger partial charge in [0.05, 0.1) is 12.8 Å². The van der Waals surface area contributed by atoms with Gasteiger partial charge in [-0.1, -0.05) is 10.3 Å². The second-order valence-corrected chi connectivity index (χ2v) is 4.41. The van der Waals surface area contributed by atoms with Crippen molar-refractivity contribution >= 4 is 0 Å². The van der Waals surface area contributed by atoms with Gasteiger partial charge in [0.1, 0.15) is 6.10 Å². The molecule has 1 fully saturated rings. The monoisotopic (exact) mass is 312 g/mol. The lowest BCUT2D eigenvalue weighted by molar-refractivity contribution is -0.126. The first-order valence-corrected chi connectivity index (χ1v) is 5.94. The maximum absolute atomic E-state index is 14.2. The van der Waals surface area contributed by atoms with Crippen LogP contribution in [-0.4, -0.2) is 70.4 Å². The van der Waals surface area contributed by atoms with E-state index in [4.69, 9.17) is 10.3 Å². The third-order valence-corrected chi connectivity index (χ3v) is 3.15. The zero-order valence-corrected chi connectivity index (χ0v) is 10.7. The first-order chi connectivity index (χ1) is 10.6. The quantitative estimate of drug-likeness (QED) is 0.352. The summed E-state index contributed by atoms with van der Waals surface area (Å²) in [7, 11) is 0. The van der Waals surface area contributed by atoms with Gasteiger partial charge in [0.2, 0.25) is 11.5 Å². The number of halogens is 1. The molecular formula is C8H9FN10O3. The molecule has 1 saturated heterocycles. The van der Waals surface area contributed by atoms with E-state index in [2.05, 4.69) is 41.0 Å². The Bertz CT molecular complexity index is 699. The normalized spacial score (nSPS) is 31.1. The van der Waals surface area contributed by atoms with Gasteiger partial charge in [-0.15, -0.1) is 15.3 Å². The summed E-state index contributed by atoms with van der Waals surface area (Å²) in [6.45, 7) is -0.901. The summed E-state index contributed by atoms with van der Waals surface area (Å²) in [5.41, 5.74) is 6.54. The average molecular weight is 312 g/mol. The molecule has 2 aromatic rings. The molecule has 1 aliphatic rings. The number of nitrogens with one attached hydrogen (secondary N) is 1. The Labute approximate surface area is 120 Å². The van der Waals surface area contributed by atoms with E-state index in [1.807, 2.05) is 0 Å². The van der Waals surface area contributed by atoms with E-state index >= 15 is 0 Å². The van der Waals surface area contributed by atoms with Gasteiger partial charge in [0.25, 0.3) is 0 Å². The van der Waals surface area contributed by atoms with E-state index in [-0.39, 0.29) is 11.5 Å². The first-order valence-electron chi connectivity index (χ1n) is 5.94. The Kier molecular flexibility index (Phi) is 3.42. The van der Waals surface area contributed by atoms with Gasteiger partial charge in [0, 0.05) is 4.91 Å².